The highest BCUT2D eigenvalue weighted by atomic mass is 16.5. The first-order valence-corrected chi connectivity index (χ1v) is 8.53. The molecule has 122 valence electrons. The summed E-state index contributed by atoms with van der Waals surface area (Å²) in [7, 11) is 0. The van der Waals surface area contributed by atoms with Crippen molar-refractivity contribution in [1.29, 1.82) is 0 Å². The van der Waals surface area contributed by atoms with Gasteiger partial charge in [0.25, 0.3) is 0 Å². The zero-order valence-electron chi connectivity index (χ0n) is 14.2. The lowest BCUT2D eigenvalue weighted by Crippen LogP contribution is -2.42. The van der Waals surface area contributed by atoms with Crippen molar-refractivity contribution in [2.75, 3.05) is 0 Å². The quantitative estimate of drug-likeness (QED) is 0.860. The monoisotopic (exact) mass is 309 g/mol. The highest BCUT2D eigenvalue weighted by Gasteiger charge is 2.36. The van der Waals surface area contributed by atoms with Crippen molar-refractivity contribution in [3.05, 3.63) is 65.7 Å². The van der Waals surface area contributed by atoms with Gasteiger partial charge in [0.15, 0.2) is 0 Å². The molecule has 0 spiro atoms. The number of hydrogen-bond donors (Lipinski definition) is 1. The van der Waals surface area contributed by atoms with Crippen LogP contribution in [0.15, 0.2) is 54.6 Å². The van der Waals surface area contributed by atoms with Crippen LogP contribution in [-0.2, 0) is 12.1 Å². The third-order valence-corrected chi connectivity index (χ3v) is 5.17. The van der Waals surface area contributed by atoms with Gasteiger partial charge in [-0.1, -0.05) is 56.3 Å². The first kappa shape index (κ1) is 16.1. The van der Waals surface area contributed by atoms with Gasteiger partial charge in [-0.25, -0.2) is 0 Å². The summed E-state index contributed by atoms with van der Waals surface area (Å²) in [5.41, 5.74) is 9.35. The van der Waals surface area contributed by atoms with Crippen LogP contribution < -0.4 is 10.5 Å². The van der Waals surface area contributed by atoms with Gasteiger partial charge >= 0.3 is 0 Å². The second-order valence-corrected chi connectivity index (χ2v) is 7.62. The molecule has 0 aliphatic heterocycles. The fourth-order valence-electron chi connectivity index (χ4n) is 3.29. The van der Waals surface area contributed by atoms with Crippen LogP contribution in [0.2, 0.25) is 0 Å². The molecule has 0 atom stereocenters. The summed E-state index contributed by atoms with van der Waals surface area (Å²) >= 11 is 0. The number of benzene rings is 2. The lowest BCUT2D eigenvalue weighted by molar-refractivity contribution is 0.165. The fourth-order valence-corrected chi connectivity index (χ4v) is 3.29. The molecule has 2 aromatic carbocycles. The Morgan fingerprint density at radius 1 is 0.870 bits per heavy atom. The molecule has 0 bridgehead atoms. The van der Waals surface area contributed by atoms with Gasteiger partial charge in [0.05, 0.1) is 0 Å². The van der Waals surface area contributed by atoms with Gasteiger partial charge < -0.3 is 10.5 Å². The maximum atomic E-state index is 6.68. The Morgan fingerprint density at radius 3 is 2.09 bits per heavy atom. The molecular weight excluding hydrogens is 282 g/mol. The molecule has 2 N–H and O–H groups in total. The van der Waals surface area contributed by atoms with E-state index in [2.05, 4.69) is 38.1 Å². The summed E-state index contributed by atoms with van der Waals surface area (Å²) < 4.78 is 5.86. The van der Waals surface area contributed by atoms with Crippen LogP contribution >= 0.6 is 0 Å². The Morgan fingerprint density at radius 2 is 1.48 bits per heavy atom. The molecular formula is C21H27NO. The van der Waals surface area contributed by atoms with E-state index >= 15 is 0 Å². The molecule has 0 unspecified atom stereocenters. The zero-order valence-corrected chi connectivity index (χ0v) is 14.2. The number of hydrogen-bond acceptors (Lipinski definition) is 2. The van der Waals surface area contributed by atoms with E-state index in [1.807, 2.05) is 30.3 Å². The maximum Gasteiger partial charge on any atom is 0.119 e. The Labute approximate surface area is 139 Å². The topological polar surface area (TPSA) is 35.2 Å². The molecule has 0 radical (unpaired) electrons. The molecule has 1 saturated carbocycles. The summed E-state index contributed by atoms with van der Waals surface area (Å²) in [6, 6.07) is 18.6. The summed E-state index contributed by atoms with van der Waals surface area (Å²) in [5, 5.41) is 0. The van der Waals surface area contributed by atoms with Crippen molar-refractivity contribution < 1.29 is 4.74 Å². The smallest absolute Gasteiger partial charge is 0.119 e. The predicted octanol–water partition coefficient (Wildman–Crippen LogP) is 5.02. The molecule has 1 fully saturated rings. The van der Waals surface area contributed by atoms with Gasteiger partial charge in [-0.05, 0) is 54.4 Å². The summed E-state index contributed by atoms with van der Waals surface area (Å²) in [5.74, 6) is 0.900. The van der Waals surface area contributed by atoms with E-state index in [0.29, 0.717) is 12.0 Å². The van der Waals surface area contributed by atoms with Crippen LogP contribution in [0.4, 0.5) is 0 Å². The van der Waals surface area contributed by atoms with Crippen LogP contribution in [0.25, 0.3) is 0 Å². The molecule has 0 heterocycles. The average molecular weight is 309 g/mol. The van der Waals surface area contributed by atoms with E-state index in [9.17, 15) is 0 Å². The number of rotatable bonds is 4. The van der Waals surface area contributed by atoms with E-state index in [1.165, 1.54) is 24.0 Å². The van der Waals surface area contributed by atoms with E-state index < -0.39 is 0 Å². The van der Waals surface area contributed by atoms with Crippen molar-refractivity contribution in [2.24, 2.45) is 11.1 Å². The Balaban J connectivity index is 1.63. The van der Waals surface area contributed by atoms with Crippen molar-refractivity contribution >= 4 is 0 Å². The van der Waals surface area contributed by atoms with Gasteiger partial charge in [0.2, 0.25) is 0 Å². The standard InChI is InChI=1S/C21H27NO/c1-20(2)12-14-21(22,15-13-20)18-8-10-19(11-9-18)23-16-17-6-4-3-5-7-17/h3-11H,12-16,22H2,1-2H3. The van der Waals surface area contributed by atoms with E-state index in [-0.39, 0.29) is 5.54 Å². The molecule has 1 aliphatic carbocycles. The lowest BCUT2D eigenvalue weighted by atomic mass is 9.67. The van der Waals surface area contributed by atoms with Crippen molar-refractivity contribution in [3.63, 3.8) is 0 Å². The van der Waals surface area contributed by atoms with Crippen LogP contribution in [0.3, 0.4) is 0 Å². The van der Waals surface area contributed by atoms with E-state index in [0.717, 1.165) is 18.6 Å². The summed E-state index contributed by atoms with van der Waals surface area (Å²) in [6.45, 7) is 5.28. The fraction of sp³-hybridized carbons (Fsp3) is 0.429. The van der Waals surface area contributed by atoms with Gasteiger partial charge in [0, 0.05) is 5.54 Å². The predicted molar refractivity (Wildman–Crippen MR) is 95.3 cm³/mol. The number of ether oxygens (including phenoxy) is 1. The third kappa shape index (κ3) is 3.94. The van der Waals surface area contributed by atoms with Crippen molar-refractivity contribution in [3.8, 4) is 5.75 Å². The Hall–Kier alpha value is -1.80. The molecule has 0 aromatic heterocycles. The molecule has 2 nitrogen and oxygen atoms in total. The molecule has 23 heavy (non-hydrogen) atoms. The Kier molecular flexibility index (Phi) is 4.45. The molecule has 1 aliphatic rings. The minimum atomic E-state index is -0.173. The minimum Gasteiger partial charge on any atom is -0.489 e. The molecule has 0 amide bonds. The van der Waals surface area contributed by atoms with Crippen molar-refractivity contribution in [1.82, 2.24) is 0 Å². The van der Waals surface area contributed by atoms with E-state index in [4.69, 9.17) is 10.5 Å². The van der Waals surface area contributed by atoms with Gasteiger partial charge in [0.1, 0.15) is 12.4 Å². The lowest BCUT2D eigenvalue weighted by Gasteiger charge is -2.41. The maximum absolute atomic E-state index is 6.68. The van der Waals surface area contributed by atoms with E-state index in [1.54, 1.807) is 0 Å². The summed E-state index contributed by atoms with van der Waals surface area (Å²) in [6.07, 6.45) is 4.50. The Bertz CT molecular complexity index is 621. The first-order valence-electron chi connectivity index (χ1n) is 8.53. The SMILES string of the molecule is CC1(C)CCC(N)(c2ccc(OCc3ccccc3)cc2)CC1. The molecule has 2 heteroatoms. The third-order valence-electron chi connectivity index (χ3n) is 5.17. The van der Waals surface area contributed by atoms with Crippen LogP contribution in [-0.4, -0.2) is 0 Å². The molecule has 2 aromatic rings. The largest absolute Gasteiger partial charge is 0.489 e. The number of nitrogens with two attached hydrogens (primary N) is 1. The minimum absolute atomic E-state index is 0.173. The zero-order chi connectivity index (χ0) is 16.3. The first-order chi connectivity index (χ1) is 11.0. The van der Waals surface area contributed by atoms with Crippen LogP contribution in [0.5, 0.6) is 5.75 Å². The second kappa shape index (κ2) is 6.37. The van der Waals surface area contributed by atoms with Crippen LogP contribution in [0.1, 0.15) is 50.7 Å². The summed E-state index contributed by atoms with van der Waals surface area (Å²) in [4.78, 5) is 0. The highest BCUT2D eigenvalue weighted by Crippen LogP contribution is 2.43. The van der Waals surface area contributed by atoms with Crippen LogP contribution in [0, 0.1) is 5.41 Å². The van der Waals surface area contributed by atoms with Crippen molar-refractivity contribution in [2.45, 2.75) is 51.7 Å². The van der Waals surface area contributed by atoms with Gasteiger partial charge in [-0.3, -0.25) is 0 Å². The normalized spacial score (nSPS) is 19.3. The molecule has 3 rings (SSSR count). The second-order valence-electron chi connectivity index (χ2n) is 7.62. The average Bonchev–Trinajstić information content (AvgIpc) is 2.57. The molecule has 0 saturated heterocycles. The highest BCUT2D eigenvalue weighted by molar-refractivity contribution is 5.32. The van der Waals surface area contributed by atoms with Gasteiger partial charge in [-0.2, -0.15) is 0 Å². The van der Waals surface area contributed by atoms with Gasteiger partial charge in [-0.15, -0.1) is 0 Å².